The summed E-state index contributed by atoms with van der Waals surface area (Å²) in [4.78, 5) is 16.1. The van der Waals surface area contributed by atoms with E-state index in [0.29, 0.717) is 6.42 Å². The maximum Gasteiger partial charge on any atom is 0.223 e. The van der Waals surface area contributed by atoms with Crippen molar-refractivity contribution in [1.82, 2.24) is 15.1 Å². The first kappa shape index (κ1) is 14.5. The minimum Gasteiger partial charge on any atom is -0.343 e. The van der Waals surface area contributed by atoms with Gasteiger partial charge in [0, 0.05) is 39.1 Å². The van der Waals surface area contributed by atoms with E-state index in [9.17, 15) is 4.79 Å². The Balaban J connectivity index is 1.97. The molecule has 0 aromatic heterocycles. The molecule has 0 aliphatic carbocycles. The zero-order valence-corrected chi connectivity index (χ0v) is 11.4. The first-order chi connectivity index (χ1) is 8.27. The van der Waals surface area contributed by atoms with Crippen LogP contribution < -0.4 is 5.32 Å². The largest absolute Gasteiger partial charge is 0.343 e. The number of nitrogens with zero attached hydrogens (tertiary/aromatic N) is 2. The first-order valence-electron chi connectivity index (χ1n) is 6.98. The number of rotatable bonds is 8. The highest BCUT2D eigenvalue weighted by Gasteiger charge is 2.11. The molecule has 4 heteroatoms. The highest BCUT2D eigenvalue weighted by atomic mass is 16.2. The minimum atomic E-state index is 0.267. The van der Waals surface area contributed by atoms with Gasteiger partial charge in [-0.1, -0.05) is 0 Å². The molecule has 1 aliphatic heterocycles. The van der Waals surface area contributed by atoms with E-state index in [-0.39, 0.29) is 5.91 Å². The van der Waals surface area contributed by atoms with Crippen LogP contribution in [0.1, 0.15) is 33.1 Å². The molecule has 1 aliphatic rings. The van der Waals surface area contributed by atoms with Crippen molar-refractivity contribution in [1.29, 1.82) is 0 Å². The van der Waals surface area contributed by atoms with Gasteiger partial charge in [0.25, 0.3) is 0 Å². The van der Waals surface area contributed by atoms with E-state index in [1.165, 1.54) is 25.9 Å². The SMILES string of the molecule is CCN(CC)C(=O)CCNCCN1CCCC1. The second-order valence-electron chi connectivity index (χ2n) is 4.61. The summed E-state index contributed by atoms with van der Waals surface area (Å²) < 4.78 is 0. The molecule has 100 valence electrons. The standard InChI is InChI=1S/C13H27N3O/c1-3-16(4-2)13(17)7-8-14-9-12-15-10-5-6-11-15/h14H,3-12H2,1-2H3. The molecule has 0 aromatic rings. The van der Waals surface area contributed by atoms with Crippen molar-refractivity contribution in [3.63, 3.8) is 0 Å². The van der Waals surface area contributed by atoms with Crippen molar-refractivity contribution in [2.45, 2.75) is 33.1 Å². The molecule has 1 heterocycles. The summed E-state index contributed by atoms with van der Waals surface area (Å²) in [6, 6.07) is 0. The second kappa shape index (κ2) is 8.48. The van der Waals surface area contributed by atoms with E-state index in [1.807, 2.05) is 18.7 Å². The van der Waals surface area contributed by atoms with E-state index in [0.717, 1.165) is 32.7 Å². The van der Waals surface area contributed by atoms with Crippen molar-refractivity contribution in [2.75, 3.05) is 45.8 Å². The van der Waals surface area contributed by atoms with Crippen LogP contribution in [0.25, 0.3) is 0 Å². The van der Waals surface area contributed by atoms with Crippen molar-refractivity contribution in [3.05, 3.63) is 0 Å². The molecule has 1 N–H and O–H groups in total. The van der Waals surface area contributed by atoms with Gasteiger partial charge in [0.2, 0.25) is 5.91 Å². The van der Waals surface area contributed by atoms with Gasteiger partial charge in [-0.15, -0.1) is 0 Å². The summed E-state index contributed by atoms with van der Waals surface area (Å²) >= 11 is 0. The maximum absolute atomic E-state index is 11.7. The monoisotopic (exact) mass is 241 g/mol. The zero-order valence-electron chi connectivity index (χ0n) is 11.4. The summed E-state index contributed by atoms with van der Waals surface area (Å²) in [6.45, 7) is 11.1. The van der Waals surface area contributed by atoms with E-state index >= 15 is 0 Å². The molecule has 0 spiro atoms. The molecular formula is C13H27N3O. The average Bonchev–Trinajstić information content (AvgIpc) is 2.83. The number of hydrogen-bond acceptors (Lipinski definition) is 3. The van der Waals surface area contributed by atoms with Crippen molar-refractivity contribution >= 4 is 5.91 Å². The molecule has 0 saturated carbocycles. The van der Waals surface area contributed by atoms with Gasteiger partial charge >= 0.3 is 0 Å². The number of likely N-dealkylation sites (tertiary alicyclic amines) is 1. The molecule has 1 rings (SSSR count). The fourth-order valence-corrected chi connectivity index (χ4v) is 2.30. The van der Waals surface area contributed by atoms with E-state index in [1.54, 1.807) is 0 Å². The van der Waals surface area contributed by atoms with Crippen LogP contribution in [0.3, 0.4) is 0 Å². The third kappa shape index (κ3) is 5.50. The Kier molecular flexibility index (Phi) is 7.21. The topological polar surface area (TPSA) is 35.6 Å². The third-order valence-electron chi connectivity index (χ3n) is 3.44. The normalized spacial score (nSPS) is 16.4. The molecule has 1 amide bonds. The lowest BCUT2D eigenvalue weighted by Gasteiger charge is -2.19. The number of amides is 1. The van der Waals surface area contributed by atoms with Gasteiger partial charge in [0.15, 0.2) is 0 Å². The van der Waals surface area contributed by atoms with Crippen LogP contribution in [-0.4, -0.2) is 61.5 Å². The summed E-state index contributed by atoms with van der Waals surface area (Å²) in [6.07, 6.45) is 3.32. The van der Waals surface area contributed by atoms with Gasteiger partial charge in [-0.2, -0.15) is 0 Å². The quantitative estimate of drug-likeness (QED) is 0.642. The van der Waals surface area contributed by atoms with Gasteiger partial charge in [-0.05, 0) is 39.8 Å². The molecule has 1 fully saturated rings. The number of carbonyl (C=O) groups excluding carboxylic acids is 1. The van der Waals surface area contributed by atoms with Crippen LogP contribution in [-0.2, 0) is 4.79 Å². The second-order valence-corrected chi connectivity index (χ2v) is 4.61. The molecule has 1 saturated heterocycles. The van der Waals surface area contributed by atoms with Crippen LogP contribution in [0.2, 0.25) is 0 Å². The van der Waals surface area contributed by atoms with E-state index in [2.05, 4.69) is 10.2 Å². The molecule has 0 bridgehead atoms. The molecule has 0 radical (unpaired) electrons. The maximum atomic E-state index is 11.7. The Morgan fingerprint density at radius 2 is 1.82 bits per heavy atom. The highest BCUT2D eigenvalue weighted by molar-refractivity contribution is 5.76. The molecular weight excluding hydrogens is 214 g/mol. The van der Waals surface area contributed by atoms with Crippen molar-refractivity contribution < 1.29 is 4.79 Å². The molecule has 0 atom stereocenters. The molecule has 4 nitrogen and oxygen atoms in total. The van der Waals surface area contributed by atoms with E-state index in [4.69, 9.17) is 0 Å². The van der Waals surface area contributed by atoms with Crippen LogP contribution in [0.15, 0.2) is 0 Å². The van der Waals surface area contributed by atoms with E-state index < -0.39 is 0 Å². The minimum absolute atomic E-state index is 0.267. The average molecular weight is 241 g/mol. The van der Waals surface area contributed by atoms with Crippen molar-refractivity contribution in [2.24, 2.45) is 0 Å². The lowest BCUT2D eigenvalue weighted by Crippen LogP contribution is -2.35. The Morgan fingerprint density at radius 3 is 2.41 bits per heavy atom. The molecule has 0 aromatic carbocycles. The molecule has 0 unspecified atom stereocenters. The predicted molar refractivity (Wildman–Crippen MR) is 71.1 cm³/mol. The molecule has 17 heavy (non-hydrogen) atoms. The third-order valence-corrected chi connectivity index (χ3v) is 3.44. The Bertz CT molecular complexity index is 211. The number of carbonyl (C=O) groups is 1. The lowest BCUT2D eigenvalue weighted by atomic mass is 10.3. The van der Waals surface area contributed by atoms with Gasteiger partial charge in [0.05, 0.1) is 0 Å². The number of hydrogen-bond donors (Lipinski definition) is 1. The summed E-state index contributed by atoms with van der Waals surface area (Å²) in [5.74, 6) is 0.267. The zero-order chi connectivity index (χ0) is 12.5. The van der Waals surface area contributed by atoms with Crippen LogP contribution in [0, 0.1) is 0 Å². The number of nitrogens with one attached hydrogen (secondary N) is 1. The van der Waals surface area contributed by atoms with Gasteiger partial charge in [-0.25, -0.2) is 0 Å². The Labute approximate surface area is 105 Å². The Morgan fingerprint density at radius 1 is 1.18 bits per heavy atom. The van der Waals surface area contributed by atoms with Crippen LogP contribution in [0.4, 0.5) is 0 Å². The smallest absolute Gasteiger partial charge is 0.223 e. The van der Waals surface area contributed by atoms with Crippen molar-refractivity contribution in [3.8, 4) is 0 Å². The highest BCUT2D eigenvalue weighted by Crippen LogP contribution is 2.05. The lowest BCUT2D eigenvalue weighted by molar-refractivity contribution is -0.130. The predicted octanol–water partition coefficient (Wildman–Crippen LogP) is 0.930. The van der Waals surface area contributed by atoms with Crippen LogP contribution >= 0.6 is 0 Å². The Hall–Kier alpha value is -0.610. The van der Waals surface area contributed by atoms with Gasteiger partial charge in [-0.3, -0.25) is 4.79 Å². The summed E-state index contributed by atoms with van der Waals surface area (Å²) in [5, 5.41) is 3.36. The summed E-state index contributed by atoms with van der Waals surface area (Å²) in [5.41, 5.74) is 0. The fourth-order valence-electron chi connectivity index (χ4n) is 2.30. The fraction of sp³-hybridized carbons (Fsp3) is 0.923. The van der Waals surface area contributed by atoms with Gasteiger partial charge in [0.1, 0.15) is 0 Å². The van der Waals surface area contributed by atoms with Gasteiger partial charge < -0.3 is 15.1 Å². The first-order valence-corrected chi connectivity index (χ1v) is 6.98. The van der Waals surface area contributed by atoms with Crippen LogP contribution in [0.5, 0.6) is 0 Å². The summed E-state index contributed by atoms with van der Waals surface area (Å²) in [7, 11) is 0.